The topological polar surface area (TPSA) is 122 Å². The predicted octanol–water partition coefficient (Wildman–Crippen LogP) is -1.28. The van der Waals surface area contributed by atoms with Crippen LogP contribution in [0, 0.1) is 0 Å². The molecule has 0 aromatic heterocycles. The van der Waals surface area contributed by atoms with Gasteiger partial charge in [0, 0.05) is 13.5 Å². The van der Waals surface area contributed by atoms with Crippen LogP contribution < -0.4 is 0 Å². The van der Waals surface area contributed by atoms with E-state index in [2.05, 4.69) is 4.18 Å². The number of hydrogen-bond donors (Lipinski definition) is 1. The van der Waals surface area contributed by atoms with Gasteiger partial charge in [0.15, 0.2) is 6.10 Å². The fourth-order valence-electron chi connectivity index (χ4n) is 1.41. The molecular formula is C7H11O8S-. The van der Waals surface area contributed by atoms with E-state index in [0.717, 1.165) is 0 Å². The van der Waals surface area contributed by atoms with Gasteiger partial charge in [-0.15, -0.1) is 0 Å². The number of ether oxygens (including phenoxy) is 2. The number of aliphatic carboxylic acids is 1. The van der Waals surface area contributed by atoms with Crippen molar-refractivity contribution in [1.82, 2.24) is 0 Å². The Labute approximate surface area is 92.1 Å². The summed E-state index contributed by atoms with van der Waals surface area (Å²) in [6.07, 6.45) is -3.08. The molecule has 16 heavy (non-hydrogen) atoms. The largest absolute Gasteiger partial charge is 0.726 e. The number of rotatable bonds is 4. The first-order valence-electron chi connectivity index (χ1n) is 4.35. The van der Waals surface area contributed by atoms with Crippen molar-refractivity contribution in [3.8, 4) is 0 Å². The van der Waals surface area contributed by atoms with Gasteiger partial charge in [0.25, 0.3) is 0 Å². The summed E-state index contributed by atoms with van der Waals surface area (Å²) < 4.78 is 45.0. The van der Waals surface area contributed by atoms with Crippen LogP contribution >= 0.6 is 0 Å². The highest BCUT2D eigenvalue weighted by molar-refractivity contribution is 7.80. The first-order chi connectivity index (χ1) is 7.33. The van der Waals surface area contributed by atoms with Gasteiger partial charge < -0.3 is 19.1 Å². The van der Waals surface area contributed by atoms with Gasteiger partial charge in [-0.25, -0.2) is 13.2 Å². The lowest BCUT2D eigenvalue weighted by Gasteiger charge is -2.33. The van der Waals surface area contributed by atoms with E-state index in [-0.39, 0.29) is 13.0 Å². The molecule has 1 rings (SSSR count). The number of methoxy groups -OCH3 is 1. The minimum absolute atomic E-state index is 0.0774. The summed E-state index contributed by atoms with van der Waals surface area (Å²) in [6, 6.07) is 0. The fourth-order valence-corrected chi connectivity index (χ4v) is 1.89. The second-order valence-corrected chi connectivity index (χ2v) is 4.22. The highest BCUT2D eigenvalue weighted by atomic mass is 32.3. The van der Waals surface area contributed by atoms with Crippen molar-refractivity contribution in [1.29, 1.82) is 0 Å². The molecule has 0 spiro atoms. The van der Waals surface area contributed by atoms with Gasteiger partial charge in [-0.2, -0.15) is 0 Å². The van der Waals surface area contributed by atoms with E-state index >= 15 is 0 Å². The Morgan fingerprint density at radius 1 is 1.50 bits per heavy atom. The Kier molecular flexibility index (Phi) is 4.21. The molecule has 8 nitrogen and oxygen atoms in total. The highest BCUT2D eigenvalue weighted by Crippen LogP contribution is 2.20. The SMILES string of the molecule is CO[C@H]1CC(C(=O)O)OCC1OS(=O)(=O)[O-]. The molecular weight excluding hydrogens is 244 g/mol. The van der Waals surface area contributed by atoms with Crippen molar-refractivity contribution in [3.63, 3.8) is 0 Å². The molecule has 94 valence electrons. The monoisotopic (exact) mass is 255 g/mol. The maximum atomic E-state index is 10.6. The van der Waals surface area contributed by atoms with Crippen LogP contribution in [0.4, 0.5) is 0 Å². The van der Waals surface area contributed by atoms with Crippen LogP contribution in [0.3, 0.4) is 0 Å². The Bertz CT molecular complexity index is 349. The molecule has 1 heterocycles. The zero-order valence-electron chi connectivity index (χ0n) is 8.36. The summed E-state index contributed by atoms with van der Waals surface area (Å²) in [5.41, 5.74) is 0. The molecule has 9 heteroatoms. The van der Waals surface area contributed by atoms with E-state index in [1.54, 1.807) is 0 Å². The lowest BCUT2D eigenvalue weighted by molar-refractivity contribution is -0.169. The van der Waals surface area contributed by atoms with E-state index in [9.17, 15) is 17.8 Å². The lowest BCUT2D eigenvalue weighted by Crippen LogP contribution is -2.47. The molecule has 1 aliphatic rings. The molecule has 0 aromatic carbocycles. The highest BCUT2D eigenvalue weighted by Gasteiger charge is 2.36. The van der Waals surface area contributed by atoms with Gasteiger partial charge in [0.2, 0.25) is 10.4 Å². The molecule has 0 aliphatic carbocycles. The maximum Gasteiger partial charge on any atom is 0.332 e. The van der Waals surface area contributed by atoms with E-state index in [1.165, 1.54) is 7.11 Å². The summed E-state index contributed by atoms with van der Waals surface area (Å²) in [5, 5.41) is 8.67. The molecule has 1 fully saturated rings. The van der Waals surface area contributed by atoms with Crippen molar-refractivity contribution >= 4 is 16.4 Å². The molecule has 0 bridgehead atoms. The number of carboxylic acids is 1. The van der Waals surface area contributed by atoms with Crippen LogP contribution in [0.1, 0.15) is 6.42 Å². The molecule has 0 saturated carbocycles. The zero-order valence-corrected chi connectivity index (χ0v) is 9.18. The van der Waals surface area contributed by atoms with Crippen LogP contribution in [0.25, 0.3) is 0 Å². The Hall–Kier alpha value is -0.740. The van der Waals surface area contributed by atoms with Crippen molar-refractivity contribution in [2.24, 2.45) is 0 Å². The second-order valence-electron chi connectivity index (χ2n) is 3.21. The van der Waals surface area contributed by atoms with Gasteiger partial charge in [-0.05, 0) is 0 Å². The molecule has 0 aromatic rings. The van der Waals surface area contributed by atoms with Crippen molar-refractivity contribution in [3.05, 3.63) is 0 Å². The number of carboxylic acid groups (broad SMARTS) is 1. The summed E-state index contributed by atoms with van der Waals surface area (Å²) in [7, 11) is -3.60. The van der Waals surface area contributed by atoms with Crippen molar-refractivity contribution < 1.29 is 36.5 Å². The molecule has 0 amide bonds. The van der Waals surface area contributed by atoms with Crippen LogP contribution in [0.5, 0.6) is 0 Å². The van der Waals surface area contributed by atoms with Crippen LogP contribution in [0.15, 0.2) is 0 Å². The number of carbonyl (C=O) groups is 1. The Morgan fingerprint density at radius 2 is 2.12 bits per heavy atom. The van der Waals surface area contributed by atoms with E-state index in [0.29, 0.717) is 0 Å². The molecule has 1 N–H and O–H groups in total. The van der Waals surface area contributed by atoms with Crippen LogP contribution in [0.2, 0.25) is 0 Å². The van der Waals surface area contributed by atoms with Crippen LogP contribution in [-0.2, 0) is 28.9 Å². The van der Waals surface area contributed by atoms with Crippen LogP contribution in [-0.4, -0.2) is 56.1 Å². The third kappa shape index (κ3) is 3.68. The maximum absolute atomic E-state index is 10.6. The molecule has 1 saturated heterocycles. The number of hydrogen-bond acceptors (Lipinski definition) is 7. The second kappa shape index (κ2) is 5.06. The summed E-state index contributed by atoms with van der Waals surface area (Å²) in [5.74, 6) is -1.18. The third-order valence-corrected chi connectivity index (χ3v) is 2.63. The minimum atomic E-state index is -4.86. The zero-order chi connectivity index (χ0) is 12.3. The van der Waals surface area contributed by atoms with Crippen molar-refractivity contribution in [2.45, 2.75) is 24.7 Å². The van der Waals surface area contributed by atoms with Gasteiger partial charge in [0.1, 0.15) is 6.10 Å². The minimum Gasteiger partial charge on any atom is -0.726 e. The van der Waals surface area contributed by atoms with E-state index in [1.807, 2.05) is 0 Å². The van der Waals surface area contributed by atoms with Gasteiger partial charge in [-0.1, -0.05) is 0 Å². The van der Waals surface area contributed by atoms with Gasteiger partial charge >= 0.3 is 5.97 Å². The Morgan fingerprint density at radius 3 is 2.56 bits per heavy atom. The van der Waals surface area contributed by atoms with Gasteiger partial charge in [-0.3, -0.25) is 4.18 Å². The normalized spacial score (nSPS) is 31.2. The summed E-state index contributed by atoms with van der Waals surface area (Å²) >= 11 is 0. The van der Waals surface area contributed by atoms with E-state index < -0.39 is 34.7 Å². The van der Waals surface area contributed by atoms with E-state index in [4.69, 9.17) is 14.6 Å². The predicted molar refractivity (Wildman–Crippen MR) is 47.4 cm³/mol. The third-order valence-electron chi connectivity index (χ3n) is 2.14. The Balaban J connectivity index is 2.65. The average Bonchev–Trinajstić information content (AvgIpc) is 2.15. The quantitative estimate of drug-likeness (QED) is 0.486. The van der Waals surface area contributed by atoms with Gasteiger partial charge in [0.05, 0.1) is 12.7 Å². The molecule has 2 unspecified atom stereocenters. The fraction of sp³-hybridized carbons (Fsp3) is 0.857. The summed E-state index contributed by atoms with van der Waals surface area (Å²) in [6.45, 7) is -0.322. The smallest absolute Gasteiger partial charge is 0.332 e. The van der Waals surface area contributed by atoms with Crippen molar-refractivity contribution in [2.75, 3.05) is 13.7 Å². The standard InChI is InChI=1S/C7H12O8S/c1-13-4-2-5(7(8)9)14-3-6(4)15-16(10,11)12/h4-6H,2-3H2,1H3,(H,8,9)(H,10,11,12)/p-1/t4-,5?,6?/m0/s1. The molecule has 0 radical (unpaired) electrons. The average molecular weight is 255 g/mol. The summed E-state index contributed by atoms with van der Waals surface area (Å²) in [4.78, 5) is 10.6. The molecule has 1 aliphatic heterocycles. The first-order valence-corrected chi connectivity index (χ1v) is 5.68. The molecule has 3 atom stereocenters. The first kappa shape index (κ1) is 13.3. The lowest BCUT2D eigenvalue weighted by atomic mass is 10.0.